The van der Waals surface area contributed by atoms with Crippen LogP contribution in [-0.2, 0) is 19.9 Å². The number of carbonyl (C=O) groups excluding carboxylic acids is 2. The number of benzene rings is 1. The van der Waals surface area contributed by atoms with E-state index in [0.29, 0.717) is 0 Å². The number of hydrogen-bond acceptors (Lipinski definition) is 3. The Kier molecular flexibility index (Phi) is 3.15. The monoisotopic (exact) mass is 242 g/mol. The minimum atomic E-state index is -0.965. The Bertz CT molecular complexity index is 519. The van der Waals surface area contributed by atoms with Crippen LogP contribution in [-0.4, -0.2) is 11.8 Å². The van der Waals surface area contributed by atoms with E-state index in [4.69, 9.17) is 4.74 Å². The number of aryl methyl sites for hydroxylation is 1. The van der Waals surface area contributed by atoms with Crippen molar-refractivity contribution in [3.8, 4) is 0 Å². The van der Waals surface area contributed by atoms with Crippen LogP contribution in [0.2, 0.25) is 0 Å². The van der Waals surface area contributed by atoms with E-state index >= 15 is 0 Å². The minimum Gasteiger partial charge on any atom is -0.446 e. The molecule has 18 heavy (non-hydrogen) atoms. The lowest BCUT2D eigenvalue weighted by atomic mass is 9.88. The molecule has 0 fully saturated rings. The smallest absolute Gasteiger partial charge is 0.304 e. The van der Waals surface area contributed by atoms with E-state index in [1.165, 1.54) is 19.1 Å². The van der Waals surface area contributed by atoms with Gasteiger partial charge in [0.25, 0.3) is 0 Å². The fourth-order valence-corrected chi connectivity index (χ4v) is 1.89. The van der Waals surface area contributed by atoms with Crippen molar-refractivity contribution in [2.45, 2.75) is 19.4 Å². The van der Waals surface area contributed by atoms with Crippen LogP contribution in [0.1, 0.15) is 18.1 Å². The van der Waals surface area contributed by atoms with Crippen molar-refractivity contribution in [3.05, 3.63) is 59.7 Å². The highest BCUT2D eigenvalue weighted by Gasteiger charge is 2.32. The van der Waals surface area contributed by atoms with Gasteiger partial charge in [0.05, 0.1) is 0 Å². The van der Waals surface area contributed by atoms with Gasteiger partial charge in [-0.3, -0.25) is 9.59 Å². The Morgan fingerprint density at radius 2 is 1.67 bits per heavy atom. The van der Waals surface area contributed by atoms with Crippen molar-refractivity contribution in [3.63, 3.8) is 0 Å². The van der Waals surface area contributed by atoms with Gasteiger partial charge in [-0.1, -0.05) is 29.8 Å². The van der Waals surface area contributed by atoms with Gasteiger partial charge >= 0.3 is 5.97 Å². The second-order valence-electron chi connectivity index (χ2n) is 4.32. The van der Waals surface area contributed by atoms with E-state index in [0.717, 1.165) is 11.1 Å². The number of allylic oxidation sites excluding steroid dienone is 2. The first-order chi connectivity index (χ1) is 8.52. The Balaban J connectivity index is 2.46. The van der Waals surface area contributed by atoms with E-state index in [1.54, 1.807) is 12.2 Å². The molecule has 0 unspecified atom stereocenters. The van der Waals surface area contributed by atoms with Gasteiger partial charge in [0.15, 0.2) is 11.4 Å². The molecule has 0 amide bonds. The number of esters is 1. The van der Waals surface area contributed by atoms with Crippen LogP contribution < -0.4 is 0 Å². The molecule has 0 bridgehead atoms. The van der Waals surface area contributed by atoms with Crippen LogP contribution in [0.15, 0.2) is 48.6 Å². The molecule has 0 atom stereocenters. The third-order valence-electron chi connectivity index (χ3n) is 2.81. The Labute approximate surface area is 106 Å². The van der Waals surface area contributed by atoms with Crippen molar-refractivity contribution >= 4 is 11.8 Å². The largest absolute Gasteiger partial charge is 0.446 e. The lowest BCUT2D eigenvalue weighted by Gasteiger charge is -2.29. The van der Waals surface area contributed by atoms with Crippen LogP contribution in [0.25, 0.3) is 0 Å². The summed E-state index contributed by atoms with van der Waals surface area (Å²) >= 11 is 0. The highest BCUT2D eigenvalue weighted by atomic mass is 16.6. The maximum atomic E-state index is 11.3. The van der Waals surface area contributed by atoms with Gasteiger partial charge in [-0.15, -0.1) is 0 Å². The molecular formula is C15H14O3. The van der Waals surface area contributed by atoms with Gasteiger partial charge < -0.3 is 4.74 Å². The SMILES string of the molecule is CC(=O)OC1(c2ccc(C)cc2)C=CC(=O)C=C1. The number of rotatable bonds is 2. The van der Waals surface area contributed by atoms with Gasteiger partial charge in [0.2, 0.25) is 0 Å². The maximum absolute atomic E-state index is 11.3. The number of ketones is 1. The zero-order valence-electron chi connectivity index (χ0n) is 10.3. The molecule has 0 radical (unpaired) electrons. The zero-order chi connectivity index (χ0) is 13.2. The predicted octanol–water partition coefficient (Wildman–Crippen LogP) is 2.45. The normalized spacial score (nSPS) is 16.7. The van der Waals surface area contributed by atoms with Gasteiger partial charge in [0, 0.05) is 12.5 Å². The molecule has 1 aromatic rings. The molecule has 1 aliphatic carbocycles. The summed E-state index contributed by atoms with van der Waals surface area (Å²) in [7, 11) is 0. The fourth-order valence-electron chi connectivity index (χ4n) is 1.89. The molecule has 2 rings (SSSR count). The molecule has 3 heteroatoms. The molecule has 1 aromatic carbocycles. The molecule has 1 aliphatic rings. The second-order valence-corrected chi connectivity index (χ2v) is 4.32. The third kappa shape index (κ3) is 2.40. The topological polar surface area (TPSA) is 43.4 Å². The average molecular weight is 242 g/mol. The van der Waals surface area contributed by atoms with Crippen LogP contribution >= 0.6 is 0 Å². The second kappa shape index (κ2) is 4.61. The zero-order valence-corrected chi connectivity index (χ0v) is 10.3. The molecule has 3 nitrogen and oxygen atoms in total. The Morgan fingerprint density at radius 3 is 2.17 bits per heavy atom. The quantitative estimate of drug-likeness (QED) is 0.748. The van der Waals surface area contributed by atoms with Crippen molar-refractivity contribution in [2.24, 2.45) is 0 Å². The minimum absolute atomic E-state index is 0.107. The molecule has 0 spiro atoms. The molecular weight excluding hydrogens is 228 g/mol. The lowest BCUT2D eigenvalue weighted by Crippen LogP contribution is -2.29. The summed E-state index contributed by atoms with van der Waals surface area (Å²) in [4.78, 5) is 22.5. The molecule has 0 heterocycles. The van der Waals surface area contributed by atoms with E-state index in [-0.39, 0.29) is 11.8 Å². The maximum Gasteiger partial charge on any atom is 0.304 e. The first-order valence-electron chi connectivity index (χ1n) is 5.71. The standard InChI is InChI=1S/C15H14O3/c1-11-3-5-13(6-4-11)15(18-12(2)16)9-7-14(17)8-10-15/h3-10H,1-2H3. The van der Waals surface area contributed by atoms with Crippen LogP contribution in [0, 0.1) is 6.92 Å². The number of carbonyl (C=O) groups is 2. The van der Waals surface area contributed by atoms with E-state index in [2.05, 4.69) is 0 Å². The van der Waals surface area contributed by atoms with E-state index in [1.807, 2.05) is 31.2 Å². The summed E-state index contributed by atoms with van der Waals surface area (Å²) in [5, 5.41) is 0. The van der Waals surface area contributed by atoms with Gasteiger partial charge in [-0.05, 0) is 31.2 Å². The Morgan fingerprint density at radius 1 is 1.11 bits per heavy atom. The lowest BCUT2D eigenvalue weighted by molar-refractivity contribution is -0.149. The van der Waals surface area contributed by atoms with Crippen molar-refractivity contribution in [1.82, 2.24) is 0 Å². The first kappa shape index (κ1) is 12.3. The highest BCUT2D eigenvalue weighted by molar-refractivity contribution is 6.00. The van der Waals surface area contributed by atoms with Gasteiger partial charge in [-0.2, -0.15) is 0 Å². The van der Waals surface area contributed by atoms with Crippen molar-refractivity contribution < 1.29 is 14.3 Å². The third-order valence-corrected chi connectivity index (χ3v) is 2.81. The van der Waals surface area contributed by atoms with Crippen LogP contribution in [0.4, 0.5) is 0 Å². The summed E-state index contributed by atoms with van der Waals surface area (Å²) in [5.41, 5.74) is 0.979. The van der Waals surface area contributed by atoms with Crippen LogP contribution in [0.3, 0.4) is 0 Å². The molecule has 0 saturated heterocycles. The summed E-state index contributed by atoms with van der Waals surface area (Å²) in [6.45, 7) is 3.34. The van der Waals surface area contributed by atoms with Crippen LogP contribution in [0.5, 0.6) is 0 Å². The highest BCUT2D eigenvalue weighted by Crippen LogP contribution is 2.31. The van der Waals surface area contributed by atoms with E-state index in [9.17, 15) is 9.59 Å². The summed E-state index contributed by atoms with van der Waals surface area (Å²) < 4.78 is 5.39. The first-order valence-corrected chi connectivity index (χ1v) is 5.71. The predicted molar refractivity (Wildman–Crippen MR) is 67.9 cm³/mol. The molecule has 92 valence electrons. The average Bonchev–Trinajstić information content (AvgIpc) is 2.33. The number of ether oxygens (including phenoxy) is 1. The van der Waals surface area contributed by atoms with Crippen molar-refractivity contribution in [1.29, 1.82) is 0 Å². The van der Waals surface area contributed by atoms with E-state index < -0.39 is 5.60 Å². The molecule has 0 saturated carbocycles. The summed E-state index contributed by atoms with van der Waals surface area (Å²) in [5.74, 6) is -0.496. The molecule has 0 aliphatic heterocycles. The fraction of sp³-hybridized carbons (Fsp3) is 0.200. The van der Waals surface area contributed by atoms with Crippen molar-refractivity contribution in [2.75, 3.05) is 0 Å². The summed E-state index contributed by atoms with van der Waals surface area (Å²) in [6, 6.07) is 7.67. The van der Waals surface area contributed by atoms with Gasteiger partial charge in [0.1, 0.15) is 0 Å². The number of hydrogen-bond donors (Lipinski definition) is 0. The summed E-state index contributed by atoms with van der Waals surface area (Å²) in [6.07, 6.45) is 6.06. The Hall–Kier alpha value is -2.16. The molecule has 0 aromatic heterocycles. The van der Waals surface area contributed by atoms with Gasteiger partial charge in [-0.25, -0.2) is 0 Å². The molecule has 0 N–H and O–H groups in total.